The minimum Gasteiger partial charge on any atom is -0.297 e. The average molecular weight is 222 g/mol. The van der Waals surface area contributed by atoms with Crippen molar-refractivity contribution in [1.82, 2.24) is 9.91 Å². The van der Waals surface area contributed by atoms with Gasteiger partial charge in [-0.1, -0.05) is 0 Å². The van der Waals surface area contributed by atoms with E-state index in [0.717, 1.165) is 11.9 Å². The van der Waals surface area contributed by atoms with Gasteiger partial charge in [-0.2, -0.15) is 18.3 Å². The lowest BCUT2D eigenvalue weighted by Gasteiger charge is -2.31. The van der Waals surface area contributed by atoms with E-state index < -0.39 is 11.9 Å². The summed E-state index contributed by atoms with van der Waals surface area (Å²) in [5, 5.41) is 12.0. The summed E-state index contributed by atoms with van der Waals surface area (Å²) in [6.45, 7) is 2.17. The zero-order valence-electron chi connectivity index (χ0n) is 8.60. The Hall–Kier alpha value is -1.11. The van der Waals surface area contributed by atoms with Crippen LogP contribution in [0.5, 0.6) is 0 Å². The zero-order valence-corrected chi connectivity index (χ0v) is 8.60. The fourth-order valence-electron chi connectivity index (χ4n) is 1.16. The molecule has 0 saturated carbocycles. The maximum Gasteiger partial charge on any atom is 0.430 e. The molecule has 15 heavy (non-hydrogen) atoms. The first-order valence-corrected chi connectivity index (χ1v) is 4.46. The number of alkyl halides is 3. The highest BCUT2D eigenvalue weighted by Crippen LogP contribution is 2.18. The number of rotatable bonds is 1. The van der Waals surface area contributed by atoms with Gasteiger partial charge in [0.1, 0.15) is 11.5 Å². The highest BCUT2D eigenvalue weighted by molar-refractivity contribution is 5.89. The molecule has 1 rings (SSSR count). The van der Waals surface area contributed by atoms with Gasteiger partial charge in [0.15, 0.2) is 0 Å². The predicted octanol–water partition coefficient (Wildman–Crippen LogP) is 1.15. The third-order valence-electron chi connectivity index (χ3n) is 2.11. The Kier molecular flexibility index (Phi) is 3.33. The van der Waals surface area contributed by atoms with Gasteiger partial charge in [-0.3, -0.25) is 10.3 Å². The fraction of sp³-hybridized carbons (Fsp3) is 0.750. The van der Waals surface area contributed by atoms with Crippen molar-refractivity contribution in [3.63, 3.8) is 0 Å². The van der Waals surface area contributed by atoms with Crippen LogP contribution in [0.4, 0.5) is 13.2 Å². The van der Waals surface area contributed by atoms with Crippen LogP contribution in [0, 0.1) is 5.41 Å². The number of hydrogen-bond donors (Lipinski definition) is 1. The number of amidine groups is 1. The third kappa shape index (κ3) is 3.19. The summed E-state index contributed by atoms with van der Waals surface area (Å²) in [5.41, 5.74) is -0.920. The molecule has 7 heteroatoms. The van der Waals surface area contributed by atoms with Crippen molar-refractivity contribution < 1.29 is 13.2 Å². The van der Waals surface area contributed by atoms with Gasteiger partial charge in [0.25, 0.3) is 0 Å². The molecule has 0 aliphatic carbocycles. The molecule has 0 radical (unpaired) electrons. The molecule has 1 fully saturated rings. The first-order chi connectivity index (χ1) is 6.80. The van der Waals surface area contributed by atoms with E-state index in [1.54, 1.807) is 0 Å². The molecule has 0 bridgehead atoms. The second-order valence-corrected chi connectivity index (χ2v) is 3.49. The molecule has 1 N–H and O–H groups in total. The molecule has 86 valence electrons. The van der Waals surface area contributed by atoms with Crippen LogP contribution in [0.25, 0.3) is 0 Å². The van der Waals surface area contributed by atoms with E-state index in [-0.39, 0.29) is 5.84 Å². The van der Waals surface area contributed by atoms with E-state index in [4.69, 9.17) is 5.41 Å². The number of nitrogens with zero attached hydrogens (tertiary/aromatic N) is 3. The summed E-state index contributed by atoms with van der Waals surface area (Å²) >= 11 is 0. The quantitative estimate of drug-likeness (QED) is 0.676. The normalized spacial score (nSPS) is 21.0. The molecule has 0 spiro atoms. The third-order valence-corrected chi connectivity index (χ3v) is 2.11. The predicted molar refractivity (Wildman–Crippen MR) is 51.1 cm³/mol. The number of likely N-dealkylation sites (N-methyl/N-ethyl adjacent to an activating group) is 1. The molecule has 0 aromatic heterocycles. The van der Waals surface area contributed by atoms with Crippen molar-refractivity contribution in [1.29, 1.82) is 5.41 Å². The lowest BCUT2D eigenvalue weighted by atomic mass is 10.3. The lowest BCUT2D eigenvalue weighted by Crippen LogP contribution is -2.46. The molecule has 1 heterocycles. The molecule has 0 atom stereocenters. The molecule has 0 aromatic rings. The monoisotopic (exact) mass is 222 g/mol. The molecular formula is C8H13F3N4. The van der Waals surface area contributed by atoms with E-state index in [2.05, 4.69) is 5.10 Å². The molecule has 1 saturated heterocycles. The van der Waals surface area contributed by atoms with Crippen LogP contribution in [0.3, 0.4) is 0 Å². The maximum absolute atomic E-state index is 12.2. The van der Waals surface area contributed by atoms with Crippen LogP contribution in [0.2, 0.25) is 0 Å². The molecule has 0 unspecified atom stereocenters. The Balaban J connectivity index is 2.70. The summed E-state index contributed by atoms with van der Waals surface area (Å²) in [6.07, 6.45) is -4.41. The van der Waals surface area contributed by atoms with Crippen molar-refractivity contribution in [2.24, 2.45) is 5.10 Å². The first-order valence-electron chi connectivity index (χ1n) is 4.46. The van der Waals surface area contributed by atoms with Gasteiger partial charge in [-0.05, 0) is 14.0 Å². The van der Waals surface area contributed by atoms with Gasteiger partial charge in [-0.15, -0.1) is 0 Å². The summed E-state index contributed by atoms with van der Waals surface area (Å²) in [7, 11) is 1.81. The second kappa shape index (κ2) is 4.18. The Labute approximate surface area is 85.9 Å². The van der Waals surface area contributed by atoms with Gasteiger partial charge < -0.3 is 0 Å². The van der Waals surface area contributed by atoms with E-state index in [9.17, 15) is 13.2 Å². The standard InChI is InChI=1S/C8H13F3N4/c1-6(8(9,10)11)13-15-4-3-14(2)5-7(15)12/h12H,3-5H2,1-2H3/b12-7?,13-6+. The minimum atomic E-state index is -4.41. The van der Waals surface area contributed by atoms with Crippen molar-refractivity contribution in [2.45, 2.75) is 13.1 Å². The van der Waals surface area contributed by atoms with Crippen LogP contribution in [-0.2, 0) is 0 Å². The number of hydrogen-bond acceptors (Lipinski definition) is 3. The molecule has 0 aromatic carbocycles. The van der Waals surface area contributed by atoms with Gasteiger partial charge in [-0.25, -0.2) is 5.01 Å². The average Bonchev–Trinajstić information content (AvgIpc) is 2.08. The molecule has 1 aliphatic heterocycles. The number of hydrazone groups is 1. The lowest BCUT2D eigenvalue weighted by molar-refractivity contribution is -0.0603. The number of halogens is 3. The fourth-order valence-corrected chi connectivity index (χ4v) is 1.16. The Morgan fingerprint density at radius 2 is 2.00 bits per heavy atom. The van der Waals surface area contributed by atoms with Crippen molar-refractivity contribution in [2.75, 3.05) is 26.7 Å². The number of piperazine rings is 1. The Morgan fingerprint density at radius 1 is 1.40 bits per heavy atom. The maximum atomic E-state index is 12.2. The van der Waals surface area contributed by atoms with Crippen molar-refractivity contribution in [3.05, 3.63) is 0 Å². The molecule has 1 aliphatic rings. The molecular weight excluding hydrogens is 209 g/mol. The topological polar surface area (TPSA) is 42.7 Å². The van der Waals surface area contributed by atoms with Crippen molar-refractivity contribution in [3.8, 4) is 0 Å². The van der Waals surface area contributed by atoms with Crippen LogP contribution in [-0.4, -0.2) is 54.3 Å². The highest BCUT2D eigenvalue weighted by atomic mass is 19.4. The minimum absolute atomic E-state index is 0.0901. The van der Waals surface area contributed by atoms with Gasteiger partial charge in [0.05, 0.1) is 13.1 Å². The van der Waals surface area contributed by atoms with Crippen LogP contribution in [0.15, 0.2) is 5.10 Å². The summed E-state index contributed by atoms with van der Waals surface area (Å²) in [4.78, 5) is 1.86. The van der Waals surface area contributed by atoms with E-state index >= 15 is 0 Å². The molecule has 0 amide bonds. The summed E-state index contributed by atoms with van der Waals surface area (Å²) in [6, 6.07) is 0. The van der Waals surface area contributed by atoms with Gasteiger partial charge in [0, 0.05) is 6.54 Å². The smallest absolute Gasteiger partial charge is 0.297 e. The Bertz CT molecular complexity index is 284. The van der Waals surface area contributed by atoms with E-state index in [1.165, 1.54) is 0 Å². The van der Waals surface area contributed by atoms with Gasteiger partial charge in [0.2, 0.25) is 0 Å². The zero-order chi connectivity index (χ0) is 11.6. The van der Waals surface area contributed by atoms with Gasteiger partial charge >= 0.3 is 6.18 Å². The second-order valence-electron chi connectivity index (χ2n) is 3.49. The molecule has 4 nitrogen and oxygen atoms in total. The van der Waals surface area contributed by atoms with Crippen molar-refractivity contribution >= 4 is 11.5 Å². The number of nitrogens with one attached hydrogen (secondary N) is 1. The van der Waals surface area contributed by atoms with E-state index in [1.807, 2.05) is 11.9 Å². The Morgan fingerprint density at radius 3 is 2.47 bits per heavy atom. The van der Waals surface area contributed by atoms with Crippen LogP contribution >= 0.6 is 0 Å². The summed E-state index contributed by atoms with van der Waals surface area (Å²) < 4.78 is 36.5. The van der Waals surface area contributed by atoms with Crippen LogP contribution in [0.1, 0.15) is 6.92 Å². The SMILES string of the molecule is C/C(=N\N1CCN(C)CC1=N)C(F)(F)F. The summed E-state index contributed by atoms with van der Waals surface area (Å²) in [5.74, 6) is 0.0901. The largest absolute Gasteiger partial charge is 0.430 e. The first kappa shape index (κ1) is 12.0. The van der Waals surface area contributed by atoms with E-state index in [0.29, 0.717) is 19.6 Å². The van der Waals surface area contributed by atoms with Crippen LogP contribution < -0.4 is 0 Å². The highest BCUT2D eigenvalue weighted by Gasteiger charge is 2.33.